The van der Waals surface area contributed by atoms with E-state index in [2.05, 4.69) is 20.3 Å². The summed E-state index contributed by atoms with van der Waals surface area (Å²) >= 11 is 0. The number of benzene rings is 1. The van der Waals surface area contributed by atoms with E-state index < -0.39 is 0 Å². The molecule has 0 radical (unpaired) electrons. The van der Waals surface area contributed by atoms with Crippen molar-refractivity contribution in [2.24, 2.45) is 0 Å². The zero-order chi connectivity index (χ0) is 13.2. The van der Waals surface area contributed by atoms with Crippen molar-refractivity contribution in [1.82, 2.24) is 15.0 Å². The van der Waals surface area contributed by atoms with Crippen LogP contribution in [0.3, 0.4) is 0 Å². The second-order valence-electron chi connectivity index (χ2n) is 4.37. The molecule has 2 aromatic heterocycles. The maximum atomic E-state index is 13.1. The van der Waals surface area contributed by atoms with E-state index in [4.69, 9.17) is 0 Å². The molecule has 0 spiro atoms. The molecule has 0 aliphatic rings. The summed E-state index contributed by atoms with van der Waals surface area (Å²) in [6, 6.07) is 10.3. The predicted octanol–water partition coefficient (Wildman–Crippen LogP) is 3.27. The van der Waals surface area contributed by atoms with E-state index in [-0.39, 0.29) is 11.9 Å². The maximum absolute atomic E-state index is 13.1. The first-order valence-electron chi connectivity index (χ1n) is 6.05. The first-order chi connectivity index (χ1) is 9.22. The van der Waals surface area contributed by atoms with Crippen molar-refractivity contribution >= 4 is 17.0 Å². The van der Waals surface area contributed by atoms with Crippen LogP contribution in [0.2, 0.25) is 0 Å². The molecule has 0 saturated heterocycles. The molecule has 1 atom stereocenters. The van der Waals surface area contributed by atoms with Crippen molar-refractivity contribution in [1.29, 1.82) is 0 Å². The van der Waals surface area contributed by atoms with Gasteiger partial charge in [-0.25, -0.2) is 9.37 Å². The molecular weight excluding hydrogens is 243 g/mol. The lowest BCUT2D eigenvalue weighted by Gasteiger charge is -2.11. The third-order valence-electron chi connectivity index (χ3n) is 2.93. The Kier molecular flexibility index (Phi) is 2.87. The molecule has 96 valence electrons. The Morgan fingerprint density at radius 3 is 2.95 bits per heavy atom. The number of hydrogen-bond acceptors (Lipinski definition) is 3. The van der Waals surface area contributed by atoms with Crippen LogP contribution in [0.4, 0.5) is 10.3 Å². The number of anilines is 1. The monoisotopic (exact) mass is 256 g/mol. The highest BCUT2D eigenvalue weighted by molar-refractivity contribution is 5.77. The van der Waals surface area contributed by atoms with Gasteiger partial charge in [0.15, 0.2) is 0 Å². The quantitative estimate of drug-likeness (QED) is 0.756. The third-order valence-corrected chi connectivity index (χ3v) is 2.93. The van der Waals surface area contributed by atoms with Crippen molar-refractivity contribution in [3.63, 3.8) is 0 Å². The highest BCUT2D eigenvalue weighted by Gasteiger charge is 2.09. The van der Waals surface area contributed by atoms with Gasteiger partial charge in [0.05, 0.1) is 22.8 Å². The van der Waals surface area contributed by atoms with Gasteiger partial charge in [-0.1, -0.05) is 6.07 Å². The minimum Gasteiger partial charge on any atom is -0.348 e. The number of H-pyrrole nitrogens is 1. The largest absolute Gasteiger partial charge is 0.348 e. The van der Waals surface area contributed by atoms with Crippen molar-refractivity contribution in [2.75, 3.05) is 5.32 Å². The first-order valence-corrected chi connectivity index (χ1v) is 6.05. The molecule has 2 heterocycles. The third kappa shape index (κ3) is 2.40. The van der Waals surface area contributed by atoms with E-state index in [9.17, 15) is 4.39 Å². The van der Waals surface area contributed by atoms with Crippen LogP contribution < -0.4 is 5.32 Å². The fraction of sp³-hybridized carbons (Fsp3) is 0.143. The van der Waals surface area contributed by atoms with Gasteiger partial charge >= 0.3 is 0 Å². The van der Waals surface area contributed by atoms with Crippen LogP contribution in [0.5, 0.6) is 0 Å². The predicted molar refractivity (Wildman–Crippen MR) is 72.3 cm³/mol. The van der Waals surface area contributed by atoms with Gasteiger partial charge in [0, 0.05) is 6.20 Å². The molecule has 3 aromatic rings. The molecule has 0 amide bonds. The van der Waals surface area contributed by atoms with Gasteiger partial charge < -0.3 is 10.3 Å². The van der Waals surface area contributed by atoms with E-state index >= 15 is 0 Å². The summed E-state index contributed by atoms with van der Waals surface area (Å²) in [7, 11) is 0. The number of imidazole rings is 1. The van der Waals surface area contributed by atoms with Gasteiger partial charge in [0.1, 0.15) is 5.82 Å². The highest BCUT2D eigenvalue weighted by Crippen LogP contribution is 2.19. The molecule has 0 aliphatic heterocycles. The Morgan fingerprint density at radius 2 is 2.16 bits per heavy atom. The number of halogens is 1. The van der Waals surface area contributed by atoms with Crippen molar-refractivity contribution in [3.05, 3.63) is 54.1 Å². The fourth-order valence-electron chi connectivity index (χ4n) is 1.96. The van der Waals surface area contributed by atoms with Gasteiger partial charge in [0.25, 0.3) is 0 Å². The van der Waals surface area contributed by atoms with Crippen LogP contribution in [-0.2, 0) is 0 Å². The molecular formula is C14H13FN4. The molecule has 0 aliphatic carbocycles. The van der Waals surface area contributed by atoms with Crippen molar-refractivity contribution in [3.8, 4) is 0 Å². The molecule has 1 aromatic carbocycles. The number of nitrogens with zero attached hydrogens (tertiary/aromatic N) is 2. The second kappa shape index (κ2) is 4.68. The Bertz CT molecular complexity index is 693. The van der Waals surface area contributed by atoms with Gasteiger partial charge in [-0.15, -0.1) is 0 Å². The lowest BCUT2D eigenvalue weighted by Crippen LogP contribution is -2.09. The smallest absolute Gasteiger partial charge is 0.201 e. The van der Waals surface area contributed by atoms with Gasteiger partial charge in [-0.2, -0.15) is 0 Å². The Balaban J connectivity index is 1.85. The molecule has 3 rings (SSSR count). The highest BCUT2D eigenvalue weighted by atomic mass is 19.1. The molecule has 4 nitrogen and oxygen atoms in total. The summed E-state index contributed by atoms with van der Waals surface area (Å²) in [6.07, 6.45) is 1.75. The van der Waals surface area contributed by atoms with E-state index in [1.54, 1.807) is 12.3 Å². The summed E-state index contributed by atoms with van der Waals surface area (Å²) in [5, 5.41) is 3.22. The zero-order valence-electron chi connectivity index (χ0n) is 10.4. The molecule has 0 fully saturated rings. The number of hydrogen-bond donors (Lipinski definition) is 2. The van der Waals surface area contributed by atoms with Crippen molar-refractivity contribution < 1.29 is 4.39 Å². The summed E-state index contributed by atoms with van der Waals surface area (Å²) in [6.45, 7) is 2.00. The van der Waals surface area contributed by atoms with Crippen molar-refractivity contribution in [2.45, 2.75) is 13.0 Å². The average molecular weight is 256 g/mol. The maximum Gasteiger partial charge on any atom is 0.201 e. The summed E-state index contributed by atoms with van der Waals surface area (Å²) in [5.41, 5.74) is 2.34. The molecule has 1 unspecified atom stereocenters. The van der Waals surface area contributed by atoms with Crippen LogP contribution in [0.25, 0.3) is 11.0 Å². The summed E-state index contributed by atoms with van der Waals surface area (Å²) < 4.78 is 13.1. The van der Waals surface area contributed by atoms with E-state index in [0.717, 1.165) is 11.2 Å². The lowest BCUT2D eigenvalue weighted by atomic mass is 10.2. The Labute approximate surface area is 109 Å². The first kappa shape index (κ1) is 11.6. The van der Waals surface area contributed by atoms with E-state index in [1.807, 2.05) is 25.1 Å². The average Bonchev–Trinajstić information content (AvgIpc) is 2.81. The van der Waals surface area contributed by atoms with Crippen LogP contribution in [0, 0.1) is 5.82 Å². The van der Waals surface area contributed by atoms with E-state index in [1.165, 1.54) is 12.1 Å². The van der Waals surface area contributed by atoms with Gasteiger partial charge in [0.2, 0.25) is 5.95 Å². The molecule has 5 heteroatoms. The summed E-state index contributed by atoms with van der Waals surface area (Å²) in [5.74, 6) is 0.333. The number of rotatable bonds is 3. The SMILES string of the molecule is CC(Nc1nc2ccc(F)cc2[nH]1)c1ccccn1. The summed E-state index contributed by atoms with van der Waals surface area (Å²) in [4.78, 5) is 11.7. The number of aromatic amines is 1. The minimum absolute atomic E-state index is 0.0200. The lowest BCUT2D eigenvalue weighted by molar-refractivity contribution is 0.629. The van der Waals surface area contributed by atoms with Gasteiger partial charge in [-0.05, 0) is 37.3 Å². The van der Waals surface area contributed by atoms with Crippen LogP contribution in [0.1, 0.15) is 18.7 Å². The zero-order valence-corrected chi connectivity index (χ0v) is 10.4. The van der Waals surface area contributed by atoms with Gasteiger partial charge in [-0.3, -0.25) is 4.98 Å². The second-order valence-corrected chi connectivity index (χ2v) is 4.37. The van der Waals surface area contributed by atoms with Crippen LogP contribution in [-0.4, -0.2) is 15.0 Å². The molecule has 0 bridgehead atoms. The standard InChI is InChI=1S/C14H13FN4/c1-9(11-4-2-3-7-16-11)17-14-18-12-6-5-10(15)8-13(12)19-14/h2-9H,1H3,(H2,17,18,19). The normalized spacial score (nSPS) is 12.5. The van der Waals surface area contributed by atoms with Crippen LogP contribution >= 0.6 is 0 Å². The Morgan fingerprint density at radius 1 is 1.26 bits per heavy atom. The molecule has 0 saturated carbocycles. The van der Waals surface area contributed by atoms with E-state index in [0.29, 0.717) is 11.5 Å². The molecule has 2 N–H and O–H groups in total. The number of aromatic nitrogens is 3. The Hall–Kier alpha value is -2.43. The molecule has 19 heavy (non-hydrogen) atoms. The minimum atomic E-state index is -0.277. The topological polar surface area (TPSA) is 53.6 Å². The van der Waals surface area contributed by atoms with Crippen LogP contribution in [0.15, 0.2) is 42.6 Å². The number of pyridine rings is 1. The fourth-order valence-corrected chi connectivity index (χ4v) is 1.96. The number of nitrogens with one attached hydrogen (secondary N) is 2. The number of fused-ring (bicyclic) bond motifs is 1.